The molecule has 1 amide bonds. The molecular weight excluding hydrogens is 544 g/mol. The molecule has 13 heteroatoms. The molecule has 0 fully saturated rings. The molecule has 0 saturated heterocycles. The van der Waals surface area contributed by atoms with E-state index in [-0.39, 0.29) is 41.3 Å². The molecule has 36 heavy (non-hydrogen) atoms. The SMILES string of the molecule is Br.CC(C)OC(=O)CC(NC(=O)OC(C)OC(=O)C(C)C)c1ccc2c(c1)OC(=O)CC(N)C(=O)O2. The first kappa shape index (κ1) is 30.8. The van der Waals surface area contributed by atoms with Crippen LogP contribution in [-0.4, -0.2) is 48.4 Å². The van der Waals surface area contributed by atoms with Gasteiger partial charge in [-0.1, -0.05) is 19.9 Å². The van der Waals surface area contributed by atoms with Gasteiger partial charge in [0.1, 0.15) is 6.04 Å². The number of nitrogens with one attached hydrogen (secondary N) is 1. The van der Waals surface area contributed by atoms with Crippen LogP contribution in [0, 0.1) is 5.92 Å². The molecule has 0 saturated carbocycles. The predicted octanol–water partition coefficient (Wildman–Crippen LogP) is 2.46. The van der Waals surface area contributed by atoms with Crippen molar-refractivity contribution in [2.45, 2.75) is 71.9 Å². The number of hydrogen-bond acceptors (Lipinski definition) is 11. The van der Waals surface area contributed by atoms with E-state index in [1.54, 1.807) is 27.7 Å². The average molecular weight is 575 g/mol. The number of fused-ring (bicyclic) bond motifs is 1. The maximum absolute atomic E-state index is 12.5. The molecule has 3 atom stereocenters. The Hall–Kier alpha value is -3.19. The van der Waals surface area contributed by atoms with E-state index in [9.17, 15) is 24.0 Å². The molecule has 0 aliphatic carbocycles. The fourth-order valence-corrected chi connectivity index (χ4v) is 2.90. The Morgan fingerprint density at radius 3 is 2.31 bits per heavy atom. The van der Waals surface area contributed by atoms with Gasteiger partial charge >= 0.3 is 30.0 Å². The maximum atomic E-state index is 12.5. The van der Waals surface area contributed by atoms with Crippen LogP contribution in [0.15, 0.2) is 18.2 Å². The molecule has 0 aromatic heterocycles. The summed E-state index contributed by atoms with van der Waals surface area (Å²) < 4.78 is 25.6. The number of carbonyl (C=O) groups excluding carboxylic acids is 5. The van der Waals surface area contributed by atoms with Gasteiger partial charge in [0, 0.05) is 6.92 Å². The van der Waals surface area contributed by atoms with Gasteiger partial charge in [0.15, 0.2) is 11.5 Å². The number of hydrogen-bond donors (Lipinski definition) is 2. The largest absolute Gasteiger partial charge is 0.463 e. The van der Waals surface area contributed by atoms with E-state index >= 15 is 0 Å². The van der Waals surface area contributed by atoms with E-state index in [4.69, 9.17) is 29.4 Å². The van der Waals surface area contributed by atoms with Crippen molar-refractivity contribution < 1.29 is 47.7 Å². The fraction of sp³-hybridized carbons (Fsp3) is 0.522. The molecule has 1 aromatic carbocycles. The van der Waals surface area contributed by atoms with Crippen molar-refractivity contribution in [2.24, 2.45) is 11.7 Å². The van der Waals surface area contributed by atoms with Crippen molar-refractivity contribution in [3.8, 4) is 11.5 Å². The van der Waals surface area contributed by atoms with Crippen LogP contribution >= 0.6 is 17.0 Å². The molecule has 200 valence electrons. The third-order valence-corrected chi connectivity index (χ3v) is 4.55. The zero-order chi connectivity index (χ0) is 26.3. The number of amides is 1. The molecule has 3 unspecified atom stereocenters. The van der Waals surface area contributed by atoms with Crippen LogP contribution in [0.3, 0.4) is 0 Å². The summed E-state index contributed by atoms with van der Waals surface area (Å²) in [6.45, 7) is 7.96. The molecule has 0 bridgehead atoms. The monoisotopic (exact) mass is 574 g/mol. The Balaban J connectivity index is 0.00000648. The number of nitrogens with two attached hydrogens (primary N) is 1. The van der Waals surface area contributed by atoms with Crippen molar-refractivity contribution >= 4 is 47.0 Å². The Morgan fingerprint density at radius 1 is 1.03 bits per heavy atom. The van der Waals surface area contributed by atoms with E-state index < -0.39 is 60.4 Å². The lowest BCUT2D eigenvalue weighted by Gasteiger charge is -2.23. The number of halogens is 1. The zero-order valence-electron chi connectivity index (χ0n) is 20.6. The molecular formula is C23H31BrN2O10. The lowest BCUT2D eigenvalue weighted by Crippen LogP contribution is -2.38. The number of rotatable bonds is 8. The highest BCUT2D eigenvalue weighted by molar-refractivity contribution is 8.93. The quantitative estimate of drug-likeness (QED) is 0.265. The van der Waals surface area contributed by atoms with Crippen molar-refractivity contribution in [3.05, 3.63) is 23.8 Å². The average Bonchev–Trinajstić information content (AvgIpc) is 2.72. The van der Waals surface area contributed by atoms with Crippen LogP contribution in [-0.2, 0) is 33.4 Å². The van der Waals surface area contributed by atoms with Crippen LogP contribution < -0.4 is 20.5 Å². The van der Waals surface area contributed by atoms with E-state index in [1.807, 2.05) is 0 Å². The van der Waals surface area contributed by atoms with Crippen LogP contribution in [0.2, 0.25) is 0 Å². The smallest absolute Gasteiger partial charge is 0.410 e. The van der Waals surface area contributed by atoms with Crippen LogP contribution in [0.25, 0.3) is 0 Å². The first-order valence-corrected chi connectivity index (χ1v) is 11.0. The summed E-state index contributed by atoms with van der Waals surface area (Å²) >= 11 is 0. The minimum atomic E-state index is -1.19. The summed E-state index contributed by atoms with van der Waals surface area (Å²) in [5.41, 5.74) is 5.91. The lowest BCUT2D eigenvalue weighted by atomic mass is 10.0. The molecule has 0 spiro atoms. The third-order valence-electron chi connectivity index (χ3n) is 4.55. The van der Waals surface area contributed by atoms with Gasteiger partial charge < -0.3 is 34.7 Å². The summed E-state index contributed by atoms with van der Waals surface area (Å²) in [4.78, 5) is 60.5. The van der Waals surface area contributed by atoms with Gasteiger partial charge in [0.25, 0.3) is 0 Å². The zero-order valence-corrected chi connectivity index (χ0v) is 22.3. The van der Waals surface area contributed by atoms with Gasteiger partial charge in [-0.2, -0.15) is 0 Å². The van der Waals surface area contributed by atoms with Gasteiger partial charge in [-0.25, -0.2) is 9.59 Å². The van der Waals surface area contributed by atoms with E-state index in [0.29, 0.717) is 5.56 Å². The van der Waals surface area contributed by atoms with Gasteiger partial charge in [0.2, 0.25) is 6.29 Å². The second-order valence-electron chi connectivity index (χ2n) is 8.42. The van der Waals surface area contributed by atoms with Crippen molar-refractivity contribution in [1.29, 1.82) is 0 Å². The molecule has 12 nitrogen and oxygen atoms in total. The van der Waals surface area contributed by atoms with E-state index in [0.717, 1.165) is 0 Å². The lowest BCUT2D eigenvalue weighted by molar-refractivity contribution is -0.168. The Morgan fingerprint density at radius 2 is 1.69 bits per heavy atom. The number of alkyl carbamates (subject to hydrolysis) is 1. The van der Waals surface area contributed by atoms with Gasteiger partial charge in [-0.05, 0) is 31.5 Å². The Labute approximate surface area is 218 Å². The summed E-state index contributed by atoms with van der Waals surface area (Å²) in [7, 11) is 0. The minimum Gasteiger partial charge on any atom is -0.463 e. The highest BCUT2D eigenvalue weighted by Crippen LogP contribution is 2.33. The fourth-order valence-electron chi connectivity index (χ4n) is 2.90. The highest BCUT2D eigenvalue weighted by atomic mass is 79.9. The standard InChI is InChI=1S/C23H30N2O10.BrH/c1-11(2)21(28)32-13(5)33-23(30)25-16(10-20(27)31-12(3)4)14-6-7-17-18(8-14)34-19(26)9-15(24)22(29)35-17;/h6-8,11-13,15-16H,9-10,24H2,1-5H3,(H,25,30);1H. The number of carbonyl (C=O) groups is 5. The van der Waals surface area contributed by atoms with E-state index in [2.05, 4.69) is 5.32 Å². The Kier molecular flexibility index (Phi) is 11.8. The molecule has 1 aliphatic heterocycles. The minimum absolute atomic E-state index is 0. The van der Waals surface area contributed by atoms with Gasteiger partial charge in [-0.15, -0.1) is 17.0 Å². The maximum Gasteiger partial charge on any atom is 0.410 e. The van der Waals surface area contributed by atoms with Crippen molar-refractivity contribution in [3.63, 3.8) is 0 Å². The summed E-state index contributed by atoms with van der Waals surface area (Å²) in [5, 5.41) is 2.51. The molecule has 2 rings (SSSR count). The normalized spacial score (nSPS) is 16.7. The molecule has 3 N–H and O–H groups in total. The predicted molar refractivity (Wildman–Crippen MR) is 129 cm³/mol. The van der Waals surface area contributed by atoms with E-state index in [1.165, 1.54) is 25.1 Å². The van der Waals surface area contributed by atoms with Gasteiger partial charge in [0.05, 0.1) is 30.9 Å². The topological polar surface area (TPSA) is 170 Å². The third kappa shape index (κ3) is 9.46. The number of esters is 4. The summed E-state index contributed by atoms with van der Waals surface area (Å²) in [5.74, 6) is -3.30. The highest BCUT2D eigenvalue weighted by Gasteiger charge is 2.29. The summed E-state index contributed by atoms with van der Waals surface area (Å²) in [6.07, 6.45) is -3.24. The number of ether oxygens (including phenoxy) is 5. The second-order valence-corrected chi connectivity index (χ2v) is 8.42. The van der Waals surface area contributed by atoms with Crippen molar-refractivity contribution in [1.82, 2.24) is 5.32 Å². The Bertz CT molecular complexity index is 982. The first-order chi connectivity index (χ1) is 16.3. The molecule has 0 radical (unpaired) electrons. The van der Waals surface area contributed by atoms with Crippen LogP contribution in [0.4, 0.5) is 4.79 Å². The molecule has 1 aliphatic rings. The second kappa shape index (κ2) is 13.8. The first-order valence-electron chi connectivity index (χ1n) is 11.0. The molecule has 1 heterocycles. The summed E-state index contributed by atoms with van der Waals surface area (Å²) in [6, 6.07) is 1.98. The van der Waals surface area contributed by atoms with Crippen LogP contribution in [0.5, 0.6) is 11.5 Å². The van der Waals surface area contributed by atoms with Crippen LogP contribution in [0.1, 0.15) is 59.1 Å². The van der Waals surface area contributed by atoms with Gasteiger partial charge in [-0.3, -0.25) is 14.4 Å². The molecule has 1 aromatic rings. The van der Waals surface area contributed by atoms with Crippen molar-refractivity contribution in [2.75, 3.05) is 0 Å². The number of benzene rings is 1.